The van der Waals surface area contributed by atoms with Gasteiger partial charge in [0, 0.05) is 19.8 Å². The Labute approximate surface area is 145 Å². The topological polar surface area (TPSA) is 65.3 Å². The van der Waals surface area contributed by atoms with Crippen molar-refractivity contribution < 1.29 is 9.53 Å². The third kappa shape index (κ3) is 3.80. The van der Waals surface area contributed by atoms with Crippen LogP contribution in [0, 0.1) is 0 Å². The van der Waals surface area contributed by atoms with Gasteiger partial charge in [0.1, 0.15) is 0 Å². The summed E-state index contributed by atoms with van der Waals surface area (Å²) in [6, 6.07) is 15.3. The number of imidazole rings is 1. The van der Waals surface area contributed by atoms with Crippen LogP contribution >= 0.6 is 0 Å². The summed E-state index contributed by atoms with van der Waals surface area (Å²) in [5, 5.41) is 2.85. The Hall–Kier alpha value is -2.86. The number of benzene rings is 2. The largest absolute Gasteiger partial charge is 0.376 e. The number of nitrogens with zero attached hydrogens (tertiary/aromatic N) is 2. The second-order valence-corrected chi connectivity index (χ2v) is 5.94. The Morgan fingerprint density at radius 2 is 1.76 bits per heavy atom. The molecule has 0 bridgehead atoms. The first-order chi connectivity index (χ1) is 12.1. The predicted octanol–water partition coefficient (Wildman–Crippen LogP) is 2.42. The van der Waals surface area contributed by atoms with Gasteiger partial charge in [-0.15, -0.1) is 0 Å². The van der Waals surface area contributed by atoms with Gasteiger partial charge < -0.3 is 10.1 Å². The molecule has 0 fully saturated rings. The molecule has 0 spiro atoms. The molecule has 0 atom stereocenters. The van der Waals surface area contributed by atoms with E-state index in [4.69, 9.17) is 4.74 Å². The number of hydrogen-bond acceptors (Lipinski definition) is 3. The van der Waals surface area contributed by atoms with E-state index in [2.05, 4.69) is 5.32 Å². The zero-order chi connectivity index (χ0) is 17.8. The average molecular weight is 339 g/mol. The smallest absolute Gasteiger partial charge is 0.328 e. The Bertz CT molecular complexity index is 942. The summed E-state index contributed by atoms with van der Waals surface area (Å²) < 4.78 is 8.67. The van der Waals surface area contributed by atoms with Gasteiger partial charge in [0.05, 0.1) is 30.7 Å². The van der Waals surface area contributed by atoms with Crippen LogP contribution in [0.1, 0.15) is 12.0 Å². The third-order valence-electron chi connectivity index (χ3n) is 4.14. The lowest BCUT2D eigenvalue weighted by molar-refractivity contribution is -0.117. The first-order valence-electron chi connectivity index (χ1n) is 8.13. The molecule has 0 aliphatic heterocycles. The molecule has 0 radical (unpaired) electrons. The number of nitrogens with one attached hydrogen (secondary N) is 1. The van der Waals surface area contributed by atoms with Crippen molar-refractivity contribution in [1.29, 1.82) is 0 Å². The number of ether oxygens (including phenoxy) is 1. The second-order valence-electron chi connectivity index (χ2n) is 5.94. The molecule has 6 nitrogen and oxygen atoms in total. The van der Waals surface area contributed by atoms with Gasteiger partial charge in [0.2, 0.25) is 5.91 Å². The van der Waals surface area contributed by atoms with E-state index in [0.29, 0.717) is 18.9 Å². The number of amides is 1. The monoisotopic (exact) mass is 339 g/mol. The molecule has 1 N–H and O–H groups in total. The van der Waals surface area contributed by atoms with Gasteiger partial charge >= 0.3 is 5.69 Å². The number of carbonyl (C=O) groups is 1. The lowest BCUT2D eigenvalue weighted by atomic mass is 10.2. The highest BCUT2D eigenvalue weighted by Crippen LogP contribution is 2.17. The molecule has 25 heavy (non-hydrogen) atoms. The number of hydrogen-bond donors (Lipinski definition) is 1. The zero-order valence-electron chi connectivity index (χ0n) is 14.4. The third-order valence-corrected chi connectivity index (χ3v) is 4.14. The minimum atomic E-state index is -0.117. The molecule has 1 amide bonds. The molecule has 0 aliphatic rings. The highest BCUT2D eigenvalue weighted by molar-refractivity contribution is 5.93. The van der Waals surface area contributed by atoms with Crippen molar-refractivity contribution in [2.24, 2.45) is 14.1 Å². The van der Waals surface area contributed by atoms with Crippen LogP contribution in [0.3, 0.4) is 0 Å². The number of aromatic nitrogens is 2. The maximum atomic E-state index is 12.1. The Balaban J connectivity index is 1.55. The first kappa shape index (κ1) is 17.0. The normalized spacial score (nSPS) is 11.0. The van der Waals surface area contributed by atoms with Crippen molar-refractivity contribution in [1.82, 2.24) is 9.13 Å². The number of fused-ring (bicyclic) bond motifs is 1. The molecular formula is C19H21N3O3. The molecule has 0 aliphatic carbocycles. The molecule has 0 unspecified atom stereocenters. The Morgan fingerprint density at radius 1 is 1.04 bits per heavy atom. The van der Waals surface area contributed by atoms with Crippen LogP contribution in [0.5, 0.6) is 0 Å². The van der Waals surface area contributed by atoms with E-state index in [9.17, 15) is 9.59 Å². The van der Waals surface area contributed by atoms with Gasteiger partial charge in [-0.1, -0.05) is 30.3 Å². The van der Waals surface area contributed by atoms with Gasteiger partial charge in [0.25, 0.3) is 0 Å². The van der Waals surface area contributed by atoms with Crippen LogP contribution in [0.15, 0.2) is 53.3 Å². The molecular weight excluding hydrogens is 318 g/mol. The minimum Gasteiger partial charge on any atom is -0.376 e. The van der Waals surface area contributed by atoms with E-state index < -0.39 is 0 Å². The van der Waals surface area contributed by atoms with E-state index in [1.165, 1.54) is 0 Å². The SMILES string of the molecule is Cn1c(=O)n(C)c2cc(NC(=O)CCOCc3ccccc3)ccc21. The molecule has 2 aromatic carbocycles. The molecule has 3 aromatic rings. The highest BCUT2D eigenvalue weighted by atomic mass is 16.5. The molecule has 6 heteroatoms. The zero-order valence-corrected chi connectivity index (χ0v) is 14.4. The van der Waals surface area contributed by atoms with E-state index in [-0.39, 0.29) is 18.0 Å². The van der Waals surface area contributed by atoms with Gasteiger partial charge in [-0.3, -0.25) is 13.9 Å². The summed E-state index contributed by atoms with van der Waals surface area (Å²) in [7, 11) is 3.45. The molecule has 1 heterocycles. The Kier molecular flexibility index (Phi) is 5.00. The quantitative estimate of drug-likeness (QED) is 0.702. The molecule has 0 saturated carbocycles. The number of rotatable bonds is 6. The maximum Gasteiger partial charge on any atom is 0.328 e. The fourth-order valence-electron chi connectivity index (χ4n) is 2.74. The van der Waals surface area contributed by atoms with Gasteiger partial charge in [0.15, 0.2) is 0 Å². The number of anilines is 1. The van der Waals surface area contributed by atoms with Crippen LogP contribution in [0.2, 0.25) is 0 Å². The average Bonchev–Trinajstić information content (AvgIpc) is 2.84. The van der Waals surface area contributed by atoms with Crippen molar-refractivity contribution in [2.45, 2.75) is 13.0 Å². The second kappa shape index (κ2) is 7.36. The molecule has 130 valence electrons. The molecule has 0 saturated heterocycles. The number of aryl methyl sites for hydroxylation is 2. The summed E-state index contributed by atoms with van der Waals surface area (Å²) in [5.41, 5.74) is 3.27. The summed E-state index contributed by atoms with van der Waals surface area (Å²) in [6.45, 7) is 0.846. The predicted molar refractivity (Wildman–Crippen MR) is 97.5 cm³/mol. The minimum absolute atomic E-state index is 0.0900. The van der Waals surface area contributed by atoms with Crippen molar-refractivity contribution in [3.05, 3.63) is 64.6 Å². The van der Waals surface area contributed by atoms with Gasteiger partial charge in [-0.25, -0.2) is 4.79 Å². The fourth-order valence-corrected chi connectivity index (χ4v) is 2.74. The van der Waals surface area contributed by atoms with E-state index >= 15 is 0 Å². The lowest BCUT2D eigenvalue weighted by Crippen LogP contribution is -2.19. The van der Waals surface area contributed by atoms with Crippen molar-refractivity contribution in [2.75, 3.05) is 11.9 Å². The van der Waals surface area contributed by atoms with E-state index in [1.54, 1.807) is 35.4 Å². The first-order valence-corrected chi connectivity index (χ1v) is 8.13. The van der Waals surface area contributed by atoms with E-state index in [1.807, 2.05) is 36.4 Å². The molecule has 1 aromatic heterocycles. The van der Waals surface area contributed by atoms with Crippen molar-refractivity contribution >= 4 is 22.6 Å². The van der Waals surface area contributed by atoms with Gasteiger partial charge in [-0.05, 0) is 23.8 Å². The van der Waals surface area contributed by atoms with E-state index in [0.717, 1.165) is 16.6 Å². The summed E-state index contributed by atoms with van der Waals surface area (Å²) >= 11 is 0. The van der Waals surface area contributed by atoms with Crippen LogP contribution < -0.4 is 11.0 Å². The fraction of sp³-hybridized carbons (Fsp3) is 0.263. The highest BCUT2D eigenvalue weighted by Gasteiger charge is 2.09. The van der Waals surface area contributed by atoms with Crippen LogP contribution in [0.25, 0.3) is 11.0 Å². The lowest BCUT2D eigenvalue weighted by Gasteiger charge is -2.07. The van der Waals surface area contributed by atoms with Crippen LogP contribution in [0.4, 0.5) is 5.69 Å². The van der Waals surface area contributed by atoms with Gasteiger partial charge in [-0.2, -0.15) is 0 Å². The van der Waals surface area contributed by atoms with Crippen molar-refractivity contribution in [3.63, 3.8) is 0 Å². The van der Waals surface area contributed by atoms with Crippen LogP contribution in [-0.2, 0) is 30.2 Å². The standard InChI is InChI=1S/C19H21N3O3/c1-21-16-9-8-15(12-17(16)22(2)19(21)24)20-18(23)10-11-25-13-14-6-4-3-5-7-14/h3-9,12H,10-11,13H2,1-2H3,(H,20,23). The summed E-state index contributed by atoms with van der Waals surface area (Å²) in [6.07, 6.45) is 0.276. The maximum absolute atomic E-state index is 12.1. The van der Waals surface area contributed by atoms with Crippen LogP contribution in [-0.4, -0.2) is 21.6 Å². The summed E-state index contributed by atoms with van der Waals surface area (Å²) in [4.78, 5) is 24.0. The molecule has 3 rings (SSSR count). The Morgan fingerprint density at radius 3 is 2.52 bits per heavy atom. The van der Waals surface area contributed by atoms with Crippen molar-refractivity contribution in [3.8, 4) is 0 Å². The summed E-state index contributed by atoms with van der Waals surface area (Å²) in [5.74, 6) is -0.117. The number of carbonyl (C=O) groups excluding carboxylic acids is 1.